The third-order valence-electron chi connectivity index (χ3n) is 1.44. The average Bonchev–Trinajstić information content (AvgIpc) is 2.71. The molecule has 0 amide bonds. The number of nitrogens with zero attached hydrogens (tertiary/aromatic N) is 2. The summed E-state index contributed by atoms with van der Waals surface area (Å²) < 4.78 is 5.97. The van der Waals surface area contributed by atoms with E-state index in [1.54, 1.807) is 18.4 Å². The fraction of sp³-hybridized carbons (Fsp3) is 0.143. The van der Waals surface area contributed by atoms with Crippen LogP contribution in [-0.2, 0) is 0 Å². The topological polar surface area (TPSA) is 35.0 Å². The van der Waals surface area contributed by atoms with E-state index in [1.807, 2.05) is 11.4 Å². The van der Waals surface area contributed by atoms with Gasteiger partial charge in [0.05, 0.1) is 7.11 Å². The molecule has 6 heteroatoms. The molecule has 2 heterocycles. The lowest BCUT2D eigenvalue weighted by atomic mass is 10.4. The molecule has 0 unspecified atom stereocenters. The molecule has 3 nitrogen and oxygen atoms in total. The minimum Gasteiger partial charge on any atom is -0.495 e. The number of thiophene rings is 1. The van der Waals surface area contributed by atoms with Gasteiger partial charge in [-0.05, 0) is 27.4 Å². The molecule has 0 aliphatic heterocycles. The molecule has 0 bridgehead atoms. The molecular formula is C7H5BrN2OS2. The van der Waals surface area contributed by atoms with Crippen molar-refractivity contribution in [2.75, 3.05) is 7.11 Å². The van der Waals surface area contributed by atoms with Crippen LogP contribution in [0, 0.1) is 0 Å². The minimum absolute atomic E-state index is 0.790. The van der Waals surface area contributed by atoms with E-state index in [0.29, 0.717) is 0 Å². The average molecular weight is 277 g/mol. The third-order valence-corrected chi connectivity index (χ3v) is 3.85. The van der Waals surface area contributed by atoms with Gasteiger partial charge in [0.1, 0.15) is 10.6 Å². The van der Waals surface area contributed by atoms with Gasteiger partial charge < -0.3 is 4.74 Å². The van der Waals surface area contributed by atoms with Gasteiger partial charge in [0.25, 0.3) is 0 Å². The predicted molar refractivity (Wildman–Crippen MR) is 57.5 cm³/mol. The van der Waals surface area contributed by atoms with Crippen LogP contribution >= 0.6 is 38.6 Å². The monoisotopic (exact) mass is 276 g/mol. The molecule has 0 saturated carbocycles. The van der Waals surface area contributed by atoms with Crippen LogP contribution in [0.25, 0.3) is 9.88 Å². The van der Waals surface area contributed by atoms with Crippen LogP contribution in [0.2, 0.25) is 0 Å². The third kappa shape index (κ3) is 1.74. The van der Waals surface area contributed by atoms with Crippen LogP contribution in [0.5, 0.6) is 5.75 Å². The Morgan fingerprint density at radius 1 is 1.46 bits per heavy atom. The molecule has 0 aliphatic rings. The highest BCUT2D eigenvalue weighted by Gasteiger charge is 2.11. The van der Waals surface area contributed by atoms with Gasteiger partial charge in [0.15, 0.2) is 8.92 Å². The molecule has 2 aromatic heterocycles. The molecule has 0 fully saturated rings. The number of aromatic nitrogens is 2. The first-order valence-corrected chi connectivity index (χ1v) is 5.91. The van der Waals surface area contributed by atoms with E-state index in [2.05, 4.69) is 26.1 Å². The maximum atomic E-state index is 5.18. The van der Waals surface area contributed by atoms with Crippen molar-refractivity contribution in [1.82, 2.24) is 10.2 Å². The van der Waals surface area contributed by atoms with Gasteiger partial charge >= 0.3 is 0 Å². The van der Waals surface area contributed by atoms with Crippen LogP contribution < -0.4 is 4.74 Å². The molecule has 2 aromatic rings. The molecule has 0 radical (unpaired) electrons. The van der Waals surface area contributed by atoms with Crippen molar-refractivity contribution in [3.05, 3.63) is 15.4 Å². The first kappa shape index (κ1) is 9.11. The summed E-state index contributed by atoms with van der Waals surface area (Å²) in [6.45, 7) is 0. The Labute approximate surface area is 91.5 Å². The van der Waals surface area contributed by atoms with Crippen molar-refractivity contribution < 1.29 is 4.74 Å². The maximum absolute atomic E-state index is 5.18. The van der Waals surface area contributed by atoms with Gasteiger partial charge in [-0.1, -0.05) is 11.3 Å². The lowest BCUT2D eigenvalue weighted by molar-refractivity contribution is 0.418. The highest BCUT2D eigenvalue weighted by atomic mass is 79.9. The van der Waals surface area contributed by atoms with E-state index in [0.717, 1.165) is 19.6 Å². The van der Waals surface area contributed by atoms with Crippen LogP contribution in [0.4, 0.5) is 0 Å². The number of ether oxygens (including phenoxy) is 1. The maximum Gasteiger partial charge on any atom is 0.183 e. The largest absolute Gasteiger partial charge is 0.495 e. The Morgan fingerprint density at radius 3 is 2.92 bits per heavy atom. The number of halogens is 1. The van der Waals surface area contributed by atoms with E-state index in [9.17, 15) is 0 Å². The first-order valence-electron chi connectivity index (χ1n) is 3.42. The fourth-order valence-corrected chi connectivity index (χ4v) is 2.97. The highest BCUT2D eigenvalue weighted by Crippen LogP contribution is 2.37. The Kier molecular flexibility index (Phi) is 2.61. The zero-order chi connectivity index (χ0) is 9.26. The summed E-state index contributed by atoms with van der Waals surface area (Å²) in [7, 11) is 1.65. The Balaban J connectivity index is 2.45. The van der Waals surface area contributed by atoms with Crippen molar-refractivity contribution in [1.29, 1.82) is 0 Å². The SMILES string of the molecule is COc1ccsc1-c1nnc(Br)s1. The summed E-state index contributed by atoms with van der Waals surface area (Å²) in [6.07, 6.45) is 0. The molecular weight excluding hydrogens is 272 g/mol. The lowest BCUT2D eigenvalue weighted by Crippen LogP contribution is -1.81. The number of methoxy groups -OCH3 is 1. The predicted octanol–water partition coefficient (Wildman–Crippen LogP) is 3.04. The van der Waals surface area contributed by atoms with Crippen LogP contribution in [0.1, 0.15) is 0 Å². The molecule has 2 rings (SSSR count). The second-order valence-electron chi connectivity index (χ2n) is 2.18. The van der Waals surface area contributed by atoms with Gasteiger partial charge in [-0.25, -0.2) is 0 Å². The zero-order valence-corrected chi connectivity index (χ0v) is 9.87. The summed E-state index contributed by atoms with van der Waals surface area (Å²) in [4.78, 5) is 1.03. The summed E-state index contributed by atoms with van der Waals surface area (Å²) in [6, 6.07) is 1.93. The smallest absolute Gasteiger partial charge is 0.183 e. The number of hydrogen-bond acceptors (Lipinski definition) is 5. The zero-order valence-electron chi connectivity index (χ0n) is 6.65. The van der Waals surface area contributed by atoms with Gasteiger partial charge in [-0.15, -0.1) is 21.5 Å². The van der Waals surface area contributed by atoms with E-state index in [4.69, 9.17) is 4.74 Å². The van der Waals surface area contributed by atoms with Crippen LogP contribution in [-0.4, -0.2) is 17.3 Å². The van der Waals surface area contributed by atoms with Gasteiger partial charge in [-0.2, -0.15) is 0 Å². The molecule has 0 N–H and O–H groups in total. The number of rotatable bonds is 2. The molecule has 0 aliphatic carbocycles. The van der Waals surface area contributed by atoms with Crippen molar-refractivity contribution in [2.45, 2.75) is 0 Å². The minimum atomic E-state index is 0.790. The van der Waals surface area contributed by atoms with Crippen LogP contribution in [0.15, 0.2) is 15.4 Å². The molecule has 0 saturated heterocycles. The lowest BCUT2D eigenvalue weighted by Gasteiger charge is -1.96. The normalized spacial score (nSPS) is 10.3. The van der Waals surface area contributed by atoms with Gasteiger partial charge in [-0.3, -0.25) is 0 Å². The standard InChI is InChI=1S/C7H5BrN2OS2/c1-11-4-2-3-12-5(4)6-9-10-7(8)13-6/h2-3H,1H3. The van der Waals surface area contributed by atoms with Gasteiger partial charge in [0.2, 0.25) is 0 Å². The summed E-state index contributed by atoms with van der Waals surface area (Å²) in [5.41, 5.74) is 0. The van der Waals surface area contributed by atoms with Crippen molar-refractivity contribution in [3.8, 4) is 15.6 Å². The Hall–Kier alpha value is -0.460. The van der Waals surface area contributed by atoms with E-state index in [-0.39, 0.29) is 0 Å². The molecule has 0 aromatic carbocycles. The second kappa shape index (κ2) is 3.73. The summed E-state index contributed by atoms with van der Waals surface area (Å²) >= 11 is 6.38. The quantitative estimate of drug-likeness (QED) is 0.846. The molecule has 68 valence electrons. The molecule has 0 atom stereocenters. The summed E-state index contributed by atoms with van der Waals surface area (Å²) in [5.74, 6) is 0.855. The van der Waals surface area contributed by atoms with Crippen molar-refractivity contribution >= 4 is 38.6 Å². The van der Waals surface area contributed by atoms with Crippen molar-refractivity contribution in [2.24, 2.45) is 0 Å². The Bertz CT molecular complexity index is 412. The molecule has 0 spiro atoms. The van der Waals surface area contributed by atoms with E-state index in [1.165, 1.54) is 11.3 Å². The van der Waals surface area contributed by atoms with Crippen molar-refractivity contribution in [3.63, 3.8) is 0 Å². The first-order chi connectivity index (χ1) is 6.31. The number of hydrogen-bond donors (Lipinski definition) is 0. The van der Waals surface area contributed by atoms with Crippen LogP contribution in [0.3, 0.4) is 0 Å². The van der Waals surface area contributed by atoms with E-state index >= 15 is 0 Å². The fourth-order valence-electron chi connectivity index (χ4n) is 0.911. The molecule has 13 heavy (non-hydrogen) atoms. The van der Waals surface area contributed by atoms with Gasteiger partial charge in [0, 0.05) is 0 Å². The summed E-state index contributed by atoms with van der Waals surface area (Å²) in [5, 5.41) is 10.8. The highest BCUT2D eigenvalue weighted by molar-refractivity contribution is 9.11. The van der Waals surface area contributed by atoms with E-state index < -0.39 is 0 Å². The Morgan fingerprint density at radius 2 is 2.31 bits per heavy atom. The second-order valence-corrected chi connectivity index (χ2v) is 5.35.